The van der Waals surface area contributed by atoms with E-state index in [4.69, 9.17) is 4.74 Å². The molecule has 0 atom stereocenters. The molecule has 1 aromatic rings. The molecule has 0 radical (unpaired) electrons. The average Bonchev–Trinajstić information content (AvgIpc) is 2.56. The van der Waals surface area contributed by atoms with Gasteiger partial charge in [0.2, 0.25) is 11.8 Å². The minimum Gasteiger partial charge on any atom is -0.444 e. The summed E-state index contributed by atoms with van der Waals surface area (Å²) in [5.41, 5.74) is -0.404. The predicted molar refractivity (Wildman–Crippen MR) is 101 cm³/mol. The molecule has 1 aromatic carbocycles. The molecule has 10 heteroatoms. The lowest BCUT2D eigenvalue weighted by Crippen LogP contribution is -2.54. The minimum absolute atomic E-state index is 0.179. The first-order valence-electron chi connectivity index (χ1n) is 8.64. The summed E-state index contributed by atoms with van der Waals surface area (Å²) in [6.45, 7) is 5.21. The third-order valence-electron chi connectivity index (χ3n) is 3.68. The Morgan fingerprint density at radius 1 is 1.25 bits per heavy atom. The molecule has 2 rings (SSSR count). The fraction of sp³-hybridized carbons (Fsp3) is 0.500. The van der Waals surface area contributed by atoms with Gasteiger partial charge in [-0.25, -0.2) is 4.79 Å². The second-order valence-corrected chi connectivity index (χ2v) is 8.17. The third kappa shape index (κ3) is 6.66. The van der Waals surface area contributed by atoms with Crippen molar-refractivity contribution >= 4 is 35.4 Å². The largest absolute Gasteiger partial charge is 0.444 e. The summed E-state index contributed by atoms with van der Waals surface area (Å²) < 4.78 is 30.5. The van der Waals surface area contributed by atoms with E-state index in [2.05, 4.69) is 5.32 Å². The number of piperazine rings is 1. The van der Waals surface area contributed by atoms with E-state index >= 15 is 0 Å². The van der Waals surface area contributed by atoms with Crippen molar-refractivity contribution in [3.05, 3.63) is 24.3 Å². The van der Waals surface area contributed by atoms with Crippen LogP contribution in [0.1, 0.15) is 20.8 Å². The third-order valence-corrected chi connectivity index (χ3v) is 4.47. The number of thioether (sulfide) groups is 1. The Morgan fingerprint density at radius 2 is 1.93 bits per heavy atom. The Hall–Kier alpha value is -2.36. The Balaban J connectivity index is 1.91. The van der Waals surface area contributed by atoms with Crippen LogP contribution in [0.25, 0.3) is 0 Å². The van der Waals surface area contributed by atoms with Crippen LogP contribution < -0.4 is 5.32 Å². The van der Waals surface area contributed by atoms with Crippen LogP contribution in [0.15, 0.2) is 29.2 Å². The molecule has 0 aliphatic carbocycles. The van der Waals surface area contributed by atoms with Gasteiger partial charge in [-0.05, 0) is 32.9 Å². The summed E-state index contributed by atoms with van der Waals surface area (Å²) in [5, 5.41) is 2.56. The molecule has 0 bridgehead atoms. The van der Waals surface area contributed by atoms with E-state index in [1.54, 1.807) is 32.9 Å². The van der Waals surface area contributed by atoms with Crippen molar-refractivity contribution in [2.45, 2.75) is 37.0 Å². The summed E-state index contributed by atoms with van der Waals surface area (Å²) in [4.78, 5) is 39.4. The molecule has 1 fully saturated rings. The van der Waals surface area contributed by atoms with E-state index in [0.29, 0.717) is 11.8 Å². The van der Waals surface area contributed by atoms with Crippen LogP contribution in [0.3, 0.4) is 0 Å². The summed E-state index contributed by atoms with van der Waals surface area (Å²) >= 11 is 0.335. The topological polar surface area (TPSA) is 79.0 Å². The fourth-order valence-electron chi connectivity index (χ4n) is 2.49. The van der Waals surface area contributed by atoms with Crippen LogP contribution in [0.2, 0.25) is 0 Å². The second kappa shape index (κ2) is 9.22. The van der Waals surface area contributed by atoms with E-state index in [0.717, 1.165) is 0 Å². The lowest BCUT2D eigenvalue weighted by atomic mass is 10.2. The summed E-state index contributed by atoms with van der Waals surface area (Å²) in [5.74, 6) is -3.50. The maximum Gasteiger partial charge on any atom is 0.410 e. The Morgan fingerprint density at radius 3 is 2.54 bits per heavy atom. The molecule has 3 amide bonds. The number of para-hydroxylation sites is 1. The highest BCUT2D eigenvalue weighted by atomic mass is 32.2. The first kappa shape index (κ1) is 21.9. The molecule has 0 saturated carbocycles. The van der Waals surface area contributed by atoms with Crippen molar-refractivity contribution < 1.29 is 27.9 Å². The Bertz CT molecular complexity index is 740. The van der Waals surface area contributed by atoms with E-state index < -0.39 is 23.4 Å². The number of alkyl halides is 2. The number of rotatable bonds is 5. The van der Waals surface area contributed by atoms with E-state index in [-0.39, 0.29) is 42.7 Å². The SMILES string of the molecule is CC(C)(C)OC(=O)N1CCN(CC(=O)Nc2ccccc2SC(F)F)C(=O)C1. The molecule has 1 N–H and O–H groups in total. The smallest absolute Gasteiger partial charge is 0.410 e. The van der Waals surface area contributed by atoms with Crippen LogP contribution in [-0.2, 0) is 14.3 Å². The van der Waals surface area contributed by atoms with Gasteiger partial charge in [0.25, 0.3) is 5.76 Å². The van der Waals surface area contributed by atoms with Gasteiger partial charge in [-0.2, -0.15) is 8.78 Å². The molecular weight excluding hydrogens is 392 g/mol. The summed E-state index contributed by atoms with van der Waals surface area (Å²) in [6.07, 6.45) is -0.581. The molecule has 7 nitrogen and oxygen atoms in total. The highest BCUT2D eigenvalue weighted by Crippen LogP contribution is 2.31. The number of benzene rings is 1. The zero-order valence-corrected chi connectivity index (χ0v) is 16.7. The number of carbonyl (C=O) groups excluding carboxylic acids is 3. The van der Waals surface area contributed by atoms with Gasteiger partial charge >= 0.3 is 6.09 Å². The van der Waals surface area contributed by atoms with Gasteiger partial charge in [-0.3, -0.25) is 14.5 Å². The zero-order valence-electron chi connectivity index (χ0n) is 15.9. The van der Waals surface area contributed by atoms with E-state index in [1.165, 1.54) is 21.9 Å². The lowest BCUT2D eigenvalue weighted by Gasteiger charge is -2.34. The first-order valence-corrected chi connectivity index (χ1v) is 9.52. The number of nitrogens with zero attached hydrogens (tertiary/aromatic N) is 2. The van der Waals surface area contributed by atoms with Crippen molar-refractivity contribution in [1.29, 1.82) is 0 Å². The van der Waals surface area contributed by atoms with Gasteiger partial charge < -0.3 is 15.0 Å². The molecular formula is C18H23F2N3O4S. The van der Waals surface area contributed by atoms with E-state index in [1.807, 2.05) is 0 Å². The number of hydrogen-bond donors (Lipinski definition) is 1. The molecule has 154 valence electrons. The van der Waals surface area contributed by atoms with Gasteiger partial charge in [0.05, 0.1) is 12.2 Å². The fourth-order valence-corrected chi connectivity index (χ4v) is 3.08. The molecule has 0 spiro atoms. The van der Waals surface area contributed by atoms with Crippen LogP contribution in [-0.4, -0.2) is 65.2 Å². The van der Waals surface area contributed by atoms with Crippen molar-refractivity contribution in [2.75, 3.05) is 31.5 Å². The van der Waals surface area contributed by atoms with E-state index in [9.17, 15) is 23.2 Å². The van der Waals surface area contributed by atoms with Gasteiger partial charge in [0, 0.05) is 18.0 Å². The standard InChI is InChI=1S/C18H23F2N3O4S/c1-18(2,3)27-17(26)23-9-8-22(15(25)11-23)10-14(24)21-12-6-4-5-7-13(12)28-16(19)20/h4-7,16H,8-11H2,1-3H3,(H,21,24). The van der Waals surface area contributed by atoms with Gasteiger partial charge in [0.15, 0.2) is 0 Å². The highest BCUT2D eigenvalue weighted by molar-refractivity contribution is 7.99. The second-order valence-electron chi connectivity index (χ2n) is 7.14. The maximum absolute atomic E-state index is 12.6. The average molecular weight is 415 g/mol. The summed E-state index contributed by atoms with van der Waals surface area (Å²) in [6, 6.07) is 6.22. The number of nitrogens with one attached hydrogen (secondary N) is 1. The van der Waals surface area contributed by atoms with Crippen molar-refractivity contribution in [1.82, 2.24) is 9.80 Å². The lowest BCUT2D eigenvalue weighted by molar-refractivity contribution is -0.138. The molecule has 1 saturated heterocycles. The molecule has 1 aliphatic heterocycles. The highest BCUT2D eigenvalue weighted by Gasteiger charge is 2.31. The summed E-state index contributed by atoms with van der Waals surface area (Å²) in [7, 11) is 0. The Labute approximate surface area is 166 Å². The minimum atomic E-state index is -2.61. The number of ether oxygens (including phenoxy) is 1. The van der Waals surface area contributed by atoms with Crippen LogP contribution >= 0.6 is 11.8 Å². The number of amides is 3. The monoisotopic (exact) mass is 415 g/mol. The molecule has 1 aliphatic rings. The number of hydrogen-bond acceptors (Lipinski definition) is 5. The van der Waals surface area contributed by atoms with Crippen LogP contribution in [0.4, 0.5) is 19.3 Å². The van der Waals surface area contributed by atoms with Gasteiger partial charge in [-0.15, -0.1) is 0 Å². The Kier molecular flexibility index (Phi) is 7.22. The quantitative estimate of drug-likeness (QED) is 0.748. The zero-order chi connectivity index (χ0) is 20.9. The molecule has 0 unspecified atom stereocenters. The van der Waals surface area contributed by atoms with Gasteiger partial charge in [-0.1, -0.05) is 23.9 Å². The number of carbonyl (C=O) groups is 3. The number of anilines is 1. The van der Waals surface area contributed by atoms with Gasteiger partial charge in [0.1, 0.15) is 12.1 Å². The van der Waals surface area contributed by atoms with Crippen LogP contribution in [0.5, 0.6) is 0 Å². The normalized spacial score (nSPS) is 15.0. The number of halogens is 2. The van der Waals surface area contributed by atoms with Crippen molar-refractivity contribution in [3.63, 3.8) is 0 Å². The maximum atomic E-state index is 12.6. The van der Waals surface area contributed by atoms with Crippen LogP contribution in [0, 0.1) is 0 Å². The van der Waals surface area contributed by atoms with Crippen molar-refractivity contribution in [2.24, 2.45) is 0 Å². The van der Waals surface area contributed by atoms with Crippen molar-refractivity contribution in [3.8, 4) is 0 Å². The molecule has 0 aromatic heterocycles. The predicted octanol–water partition coefficient (Wildman–Crippen LogP) is 3.02. The molecule has 1 heterocycles. The first-order chi connectivity index (χ1) is 13.0. The molecule has 28 heavy (non-hydrogen) atoms.